The molecule has 0 saturated carbocycles. The van der Waals surface area contributed by atoms with E-state index in [4.69, 9.17) is 4.52 Å². The number of amides is 2. The van der Waals surface area contributed by atoms with Gasteiger partial charge >= 0.3 is 6.03 Å². The van der Waals surface area contributed by atoms with E-state index in [9.17, 15) is 9.18 Å². The van der Waals surface area contributed by atoms with Crippen LogP contribution in [0.1, 0.15) is 20.3 Å². The maximum atomic E-state index is 13.8. The van der Waals surface area contributed by atoms with E-state index < -0.39 is 5.82 Å². The molecule has 0 spiro atoms. The Hall–Kier alpha value is -3.22. The molecule has 1 heterocycles. The monoisotopic (exact) mass is 354 g/mol. The van der Waals surface area contributed by atoms with Crippen LogP contribution < -0.4 is 10.6 Å². The molecule has 2 aromatic carbocycles. The summed E-state index contributed by atoms with van der Waals surface area (Å²) in [7, 11) is 0. The lowest BCUT2D eigenvalue weighted by atomic mass is 10.2. The molecule has 3 aromatic rings. The summed E-state index contributed by atoms with van der Waals surface area (Å²) < 4.78 is 19.0. The van der Waals surface area contributed by atoms with Crippen LogP contribution >= 0.6 is 0 Å². The molecule has 0 bridgehead atoms. The first-order valence-corrected chi connectivity index (χ1v) is 8.33. The van der Waals surface area contributed by atoms with Gasteiger partial charge in [-0.05, 0) is 49.7 Å². The van der Waals surface area contributed by atoms with Gasteiger partial charge in [0.05, 0.1) is 5.56 Å². The highest BCUT2D eigenvalue weighted by Crippen LogP contribution is 2.25. The molecule has 0 aliphatic rings. The van der Waals surface area contributed by atoms with Gasteiger partial charge in [0.25, 0.3) is 5.89 Å². The van der Waals surface area contributed by atoms with E-state index in [1.807, 2.05) is 13.8 Å². The fourth-order valence-electron chi connectivity index (χ4n) is 2.28. The van der Waals surface area contributed by atoms with Gasteiger partial charge in [-0.25, -0.2) is 9.18 Å². The third-order valence-electron chi connectivity index (χ3n) is 3.92. The van der Waals surface area contributed by atoms with Gasteiger partial charge in [-0.3, -0.25) is 0 Å². The number of urea groups is 1. The molecule has 0 fully saturated rings. The van der Waals surface area contributed by atoms with Gasteiger partial charge in [0.2, 0.25) is 5.82 Å². The van der Waals surface area contributed by atoms with Crippen LogP contribution in [0.2, 0.25) is 0 Å². The van der Waals surface area contributed by atoms with Crippen molar-refractivity contribution < 1.29 is 13.7 Å². The van der Waals surface area contributed by atoms with Gasteiger partial charge in [-0.2, -0.15) is 4.98 Å². The number of rotatable bonds is 5. The van der Waals surface area contributed by atoms with Gasteiger partial charge in [-0.15, -0.1) is 0 Å². The third-order valence-corrected chi connectivity index (χ3v) is 3.92. The zero-order valence-electron chi connectivity index (χ0n) is 14.5. The molecule has 0 aliphatic heterocycles. The summed E-state index contributed by atoms with van der Waals surface area (Å²) in [6, 6.07) is 13.1. The summed E-state index contributed by atoms with van der Waals surface area (Å²) >= 11 is 0. The molecule has 6 nitrogen and oxygen atoms in total. The lowest BCUT2D eigenvalue weighted by molar-refractivity contribution is 0.249. The van der Waals surface area contributed by atoms with E-state index in [0.29, 0.717) is 17.1 Å². The zero-order chi connectivity index (χ0) is 18.5. The van der Waals surface area contributed by atoms with Gasteiger partial charge in [0.15, 0.2) is 0 Å². The highest BCUT2D eigenvalue weighted by molar-refractivity contribution is 5.89. The first kappa shape index (κ1) is 17.6. The standard InChI is InChI=1S/C19H19FN4O2/c1-3-12(2)21-19(25)22-14-10-8-13(9-11-14)17-23-18(26-24-17)15-6-4-5-7-16(15)20/h4-12H,3H2,1-2H3,(H2,21,22,25). The highest BCUT2D eigenvalue weighted by Gasteiger charge is 2.14. The topological polar surface area (TPSA) is 80.0 Å². The number of hydrogen-bond acceptors (Lipinski definition) is 4. The Morgan fingerprint density at radius 1 is 1.19 bits per heavy atom. The molecule has 26 heavy (non-hydrogen) atoms. The Labute approximate surface area is 150 Å². The molecule has 134 valence electrons. The van der Waals surface area contributed by atoms with Crippen molar-refractivity contribution in [1.82, 2.24) is 15.5 Å². The summed E-state index contributed by atoms with van der Waals surface area (Å²) in [5.74, 6) is 0.0432. The maximum absolute atomic E-state index is 13.8. The second kappa shape index (κ2) is 7.77. The number of hydrogen-bond donors (Lipinski definition) is 2. The van der Waals surface area contributed by atoms with E-state index in [1.54, 1.807) is 42.5 Å². The van der Waals surface area contributed by atoms with E-state index in [2.05, 4.69) is 20.8 Å². The minimum Gasteiger partial charge on any atom is -0.335 e. The largest absolute Gasteiger partial charge is 0.335 e. The summed E-state index contributed by atoms with van der Waals surface area (Å²) in [5, 5.41) is 9.48. The van der Waals surface area contributed by atoms with Crippen molar-refractivity contribution in [2.45, 2.75) is 26.3 Å². The lowest BCUT2D eigenvalue weighted by Crippen LogP contribution is -2.35. The Balaban J connectivity index is 1.71. The van der Waals surface area contributed by atoms with Crippen LogP contribution in [-0.2, 0) is 0 Å². The van der Waals surface area contributed by atoms with E-state index >= 15 is 0 Å². The number of anilines is 1. The fourth-order valence-corrected chi connectivity index (χ4v) is 2.28. The predicted octanol–water partition coefficient (Wildman–Crippen LogP) is 4.46. The average Bonchev–Trinajstić information content (AvgIpc) is 3.12. The molecule has 7 heteroatoms. The lowest BCUT2D eigenvalue weighted by Gasteiger charge is -2.12. The van der Waals surface area contributed by atoms with Gasteiger partial charge in [-0.1, -0.05) is 24.2 Å². The molecular weight excluding hydrogens is 335 g/mol. The summed E-state index contributed by atoms with van der Waals surface area (Å²) in [6.07, 6.45) is 0.856. The van der Waals surface area contributed by atoms with Crippen molar-refractivity contribution in [3.8, 4) is 22.8 Å². The Morgan fingerprint density at radius 2 is 1.92 bits per heavy atom. The molecule has 0 radical (unpaired) electrons. The Bertz CT molecular complexity index is 893. The third kappa shape index (κ3) is 4.05. The van der Waals surface area contributed by atoms with Crippen molar-refractivity contribution in [2.24, 2.45) is 0 Å². The number of nitrogens with one attached hydrogen (secondary N) is 2. The van der Waals surface area contributed by atoms with Crippen LogP contribution in [0.25, 0.3) is 22.8 Å². The molecule has 1 aromatic heterocycles. The van der Waals surface area contributed by atoms with E-state index in [1.165, 1.54) is 6.07 Å². The van der Waals surface area contributed by atoms with Crippen LogP contribution in [0.4, 0.5) is 14.9 Å². The summed E-state index contributed by atoms with van der Waals surface area (Å²) in [6.45, 7) is 3.94. The molecular formula is C19H19FN4O2. The highest BCUT2D eigenvalue weighted by atomic mass is 19.1. The average molecular weight is 354 g/mol. The van der Waals surface area contributed by atoms with Gasteiger partial charge in [0.1, 0.15) is 5.82 Å². The first-order valence-electron chi connectivity index (χ1n) is 8.33. The van der Waals surface area contributed by atoms with Crippen molar-refractivity contribution in [3.63, 3.8) is 0 Å². The number of halogens is 1. The van der Waals surface area contributed by atoms with Crippen LogP contribution in [0.5, 0.6) is 0 Å². The second-order valence-corrected chi connectivity index (χ2v) is 5.89. The number of carbonyl (C=O) groups excluding carboxylic acids is 1. The normalized spacial score (nSPS) is 11.8. The maximum Gasteiger partial charge on any atom is 0.319 e. The van der Waals surface area contributed by atoms with Crippen molar-refractivity contribution >= 4 is 11.7 Å². The molecule has 0 saturated heterocycles. The van der Waals surface area contributed by atoms with E-state index in [0.717, 1.165) is 6.42 Å². The van der Waals surface area contributed by atoms with Crippen LogP contribution in [0, 0.1) is 5.82 Å². The fraction of sp³-hybridized carbons (Fsp3) is 0.211. The van der Waals surface area contributed by atoms with Crippen LogP contribution in [0.15, 0.2) is 53.1 Å². The first-order chi connectivity index (χ1) is 12.6. The molecule has 2 amide bonds. The summed E-state index contributed by atoms with van der Waals surface area (Å²) in [4.78, 5) is 16.1. The quantitative estimate of drug-likeness (QED) is 0.709. The zero-order valence-corrected chi connectivity index (χ0v) is 14.5. The molecule has 3 rings (SSSR count). The number of benzene rings is 2. The van der Waals surface area contributed by atoms with E-state index in [-0.39, 0.29) is 23.5 Å². The number of nitrogens with zero attached hydrogens (tertiary/aromatic N) is 2. The smallest absolute Gasteiger partial charge is 0.319 e. The number of aromatic nitrogens is 2. The van der Waals surface area contributed by atoms with Gasteiger partial charge < -0.3 is 15.2 Å². The minimum atomic E-state index is -0.422. The Morgan fingerprint density at radius 3 is 2.62 bits per heavy atom. The van der Waals surface area contributed by atoms with Crippen molar-refractivity contribution in [1.29, 1.82) is 0 Å². The minimum absolute atomic E-state index is 0.102. The molecule has 0 aliphatic carbocycles. The molecule has 2 N–H and O–H groups in total. The molecule has 1 unspecified atom stereocenters. The number of carbonyl (C=O) groups is 1. The SMILES string of the molecule is CCC(C)NC(=O)Nc1ccc(-c2noc(-c3ccccc3F)n2)cc1. The second-order valence-electron chi connectivity index (χ2n) is 5.89. The van der Waals surface area contributed by atoms with Crippen molar-refractivity contribution in [2.75, 3.05) is 5.32 Å². The molecule has 1 atom stereocenters. The summed E-state index contributed by atoms with van der Waals surface area (Å²) in [5.41, 5.74) is 1.60. The van der Waals surface area contributed by atoms with Crippen molar-refractivity contribution in [3.05, 3.63) is 54.3 Å². The van der Waals surface area contributed by atoms with Crippen LogP contribution in [-0.4, -0.2) is 22.2 Å². The predicted molar refractivity (Wildman–Crippen MR) is 97.0 cm³/mol. The Kier molecular flexibility index (Phi) is 5.26. The van der Waals surface area contributed by atoms with Gasteiger partial charge in [0, 0.05) is 17.3 Å². The van der Waals surface area contributed by atoms with Crippen LogP contribution in [0.3, 0.4) is 0 Å².